The third-order valence-corrected chi connectivity index (χ3v) is 4.77. The molecule has 0 unspecified atom stereocenters. The van der Waals surface area contributed by atoms with Crippen LogP contribution in [-0.2, 0) is 6.54 Å². The predicted molar refractivity (Wildman–Crippen MR) is 111 cm³/mol. The molecule has 142 valence electrons. The monoisotopic (exact) mass is 382 g/mol. The Bertz CT molecular complexity index is 1180. The van der Waals surface area contributed by atoms with Crippen LogP contribution in [0.2, 0.25) is 0 Å². The summed E-state index contributed by atoms with van der Waals surface area (Å²) in [6.07, 6.45) is 1.76. The maximum Gasteiger partial charge on any atom is 0.409 e. The van der Waals surface area contributed by atoms with Crippen molar-refractivity contribution in [1.82, 2.24) is 0 Å². The molecule has 0 saturated carbocycles. The lowest BCUT2D eigenvalue weighted by atomic mass is 10.1. The number of nitrogens with zero attached hydrogens (tertiary/aromatic N) is 1. The molecule has 0 saturated heterocycles. The normalized spacial score (nSPS) is 10.7. The zero-order valence-electron chi connectivity index (χ0n) is 16.0. The highest BCUT2D eigenvalue weighted by Crippen LogP contribution is 2.19. The number of ether oxygens (including phenoxy) is 1. The molecule has 0 spiro atoms. The van der Waals surface area contributed by atoms with Gasteiger partial charge in [0.15, 0.2) is 6.20 Å². The summed E-state index contributed by atoms with van der Waals surface area (Å²) in [5.74, 6) is -0.101. The minimum Gasteiger partial charge on any atom is -0.419 e. The van der Waals surface area contributed by atoms with Crippen molar-refractivity contribution >= 4 is 22.5 Å². The molecule has 0 N–H and O–H groups in total. The molecule has 0 bridgehead atoms. The molecule has 0 atom stereocenters. The smallest absolute Gasteiger partial charge is 0.409 e. The Labute approximate surface area is 169 Å². The van der Waals surface area contributed by atoms with E-state index in [9.17, 15) is 9.59 Å². The predicted octanol–water partition coefficient (Wildman–Crippen LogP) is 4.54. The van der Waals surface area contributed by atoms with Crippen molar-refractivity contribution in [2.45, 2.75) is 13.5 Å². The van der Waals surface area contributed by atoms with Crippen molar-refractivity contribution in [3.8, 4) is 5.75 Å². The number of carbonyl (C=O) groups excluding carboxylic acids is 2. The summed E-state index contributed by atoms with van der Waals surface area (Å²) in [6.45, 7) is 2.02. The fourth-order valence-electron chi connectivity index (χ4n) is 3.25. The quantitative estimate of drug-likeness (QED) is 0.220. The van der Waals surface area contributed by atoms with Gasteiger partial charge in [-0.15, -0.1) is 0 Å². The van der Waals surface area contributed by atoms with Gasteiger partial charge in [0.2, 0.25) is 12.3 Å². The number of fused-ring (bicyclic) bond motifs is 1. The van der Waals surface area contributed by atoms with Gasteiger partial charge in [0.25, 0.3) is 5.69 Å². The van der Waals surface area contributed by atoms with Gasteiger partial charge in [-0.05, 0) is 30.5 Å². The van der Waals surface area contributed by atoms with Crippen molar-refractivity contribution in [3.05, 3.63) is 108 Å². The van der Waals surface area contributed by atoms with Crippen molar-refractivity contribution < 1.29 is 18.9 Å². The van der Waals surface area contributed by atoms with Crippen LogP contribution in [0.5, 0.6) is 5.75 Å². The van der Waals surface area contributed by atoms with E-state index in [1.807, 2.05) is 67.6 Å². The number of Topliss-reactive ketones (excluding diaryl/α,β-unsaturated/α-hetero) is 1. The van der Waals surface area contributed by atoms with E-state index in [2.05, 4.69) is 0 Å². The zero-order chi connectivity index (χ0) is 20.2. The third kappa shape index (κ3) is 4.06. The molecular formula is C25H20NO3+. The van der Waals surface area contributed by atoms with E-state index in [0.29, 0.717) is 17.0 Å². The van der Waals surface area contributed by atoms with Gasteiger partial charge in [0.1, 0.15) is 5.75 Å². The van der Waals surface area contributed by atoms with E-state index in [1.54, 1.807) is 35.0 Å². The standard InChI is InChI=1S/C25H20NO3/c1-18-11-13-21(14-12-18)29-25(28)24-22-10-6-5-7-19(22)15-16-26(24)17-23(27)20-8-3-2-4-9-20/h2-16H,17H2,1H3/q+1. The minimum atomic E-state index is -0.494. The number of rotatable bonds is 5. The molecule has 4 nitrogen and oxygen atoms in total. The maximum atomic E-state index is 13.1. The molecule has 1 heterocycles. The lowest BCUT2D eigenvalue weighted by Crippen LogP contribution is -2.44. The van der Waals surface area contributed by atoms with Crippen LogP contribution in [0, 0.1) is 6.92 Å². The number of hydrogen-bond acceptors (Lipinski definition) is 3. The summed E-state index contributed by atoms with van der Waals surface area (Å²) in [5.41, 5.74) is 2.04. The second-order valence-electron chi connectivity index (χ2n) is 6.87. The van der Waals surface area contributed by atoms with E-state index in [0.717, 1.165) is 16.3 Å². The van der Waals surface area contributed by atoms with E-state index < -0.39 is 5.97 Å². The molecule has 0 aliphatic rings. The Morgan fingerprint density at radius 3 is 2.28 bits per heavy atom. The number of esters is 1. The van der Waals surface area contributed by atoms with Crippen LogP contribution < -0.4 is 9.30 Å². The van der Waals surface area contributed by atoms with E-state index in [1.165, 1.54) is 0 Å². The molecule has 1 aromatic heterocycles. The average Bonchev–Trinajstić information content (AvgIpc) is 2.75. The summed E-state index contributed by atoms with van der Waals surface area (Å²) < 4.78 is 7.28. The van der Waals surface area contributed by atoms with Gasteiger partial charge >= 0.3 is 5.97 Å². The molecule has 0 aliphatic carbocycles. The second-order valence-corrected chi connectivity index (χ2v) is 6.87. The number of carbonyl (C=O) groups is 2. The second kappa shape index (κ2) is 8.07. The molecule has 0 amide bonds. The SMILES string of the molecule is Cc1ccc(OC(=O)c2c3ccccc3cc[n+]2CC(=O)c2ccccc2)cc1. The average molecular weight is 382 g/mol. The topological polar surface area (TPSA) is 47.2 Å². The summed E-state index contributed by atoms with van der Waals surface area (Å²) >= 11 is 0. The first-order chi connectivity index (χ1) is 14.1. The summed E-state index contributed by atoms with van der Waals surface area (Å²) in [4.78, 5) is 25.8. The molecule has 0 fully saturated rings. The number of hydrogen-bond donors (Lipinski definition) is 0. The highest BCUT2D eigenvalue weighted by atomic mass is 16.5. The molecule has 4 rings (SSSR count). The summed E-state index contributed by atoms with van der Waals surface area (Å²) in [7, 11) is 0. The van der Waals surface area contributed by atoms with Crippen LogP contribution in [-0.4, -0.2) is 11.8 Å². The molecule has 4 aromatic rings. The molecule has 29 heavy (non-hydrogen) atoms. The van der Waals surface area contributed by atoms with Gasteiger partial charge < -0.3 is 4.74 Å². The molecule has 4 heteroatoms. The van der Waals surface area contributed by atoms with Crippen LogP contribution in [0.1, 0.15) is 26.4 Å². The lowest BCUT2D eigenvalue weighted by molar-refractivity contribution is -0.684. The van der Waals surface area contributed by atoms with Gasteiger partial charge in [0.05, 0.1) is 5.39 Å². The van der Waals surface area contributed by atoms with E-state index >= 15 is 0 Å². The third-order valence-electron chi connectivity index (χ3n) is 4.77. The largest absolute Gasteiger partial charge is 0.419 e. The van der Waals surface area contributed by atoms with Gasteiger partial charge in [0, 0.05) is 11.6 Å². The van der Waals surface area contributed by atoms with Gasteiger partial charge in [-0.3, -0.25) is 4.79 Å². The molecular weight excluding hydrogens is 362 g/mol. The van der Waals surface area contributed by atoms with Gasteiger partial charge in [-0.25, -0.2) is 4.79 Å². The first-order valence-electron chi connectivity index (χ1n) is 9.40. The van der Waals surface area contributed by atoms with Crippen LogP contribution in [0.4, 0.5) is 0 Å². The number of aromatic nitrogens is 1. The van der Waals surface area contributed by atoms with Crippen molar-refractivity contribution in [3.63, 3.8) is 0 Å². The Morgan fingerprint density at radius 1 is 0.828 bits per heavy atom. The molecule has 3 aromatic carbocycles. The number of pyridine rings is 1. The fourth-order valence-corrected chi connectivity index (χ4v) is 3.25. The number of benzene rings is 3. The van der Waals surface area contributed by atoms with Gasteiger partial charge in [-0.2, -0.15) is 4.57 Å². The summed E-state index contributed by atoms with van der Waals surface area (Å²) in [5, 5.41) is 1.65. The van der Waals surface area contributed by atoms with Gasteiger partial charge in [-0.1, -0.05) is 66.2 Å². The van der Waals surface area contributed by atoms with E-state index in [-0.39, 0.29) is 12.3 Å². The number of ketones is 1. The maximum absolute atomic E-state index is 13.1. The Hall–Kier alpha value is -3.79. The summed E-state index contributed by atoms with van der Waals surface area (Å²) in [6, 6.07) is 25.8. The molecule has 0 radical (unpaired) electrons. The highest BCUT2D eigenvalue weighted by Gasteiger charge is 2.27. The van der Waals surface area contributed by atoms with Crippen LogP contribution >= 0.6 is 0 Å². The lowest BCUT2D eigenvalue weighted by Gasteiger charge is -2.08. The fraction of sp³-hybridized carbons (Fsp3) is 0.0800. The Morgan fingerprint density at radius 2 is 1.52 bits per heavy atom. The van der Waals surface area contributed by atoms with Crippen molar-refractivity contribution in [1.29, 1.82) is 0 Å². The Balaban J connectivity index is 1.73. The number of aryl methyl sites for hydroxylation is 1. The first kappa shape index (κ1) is 18.6. The Kier molecular flexibility index (Phi) is 5.16. The van der Waals surface area contributed by atoms with Crippen molar-refractivity contribution in [2.24, 2.45) is 0 Å². The molecule has 0 aliphatic heterocycles. The minimum absolute atomic E-state index is 0.0488. The van der Waals surface area contributed by atoms with Crippen LogP contribution in [0.25, 0.3) is 10.8 Å². The van der Waals surface area contributed by atoms with Crippen molar-refractivity contribution in [2.75, 3.05) is 0 Å². The highest BCUT2D eigenvalue weighted by molar-refractivity contribution is 6.02. The zero-order valence-corrected chi connectivity index (χ0v) is 16.0. The van der Waals surface area contributed by atoms with E-state index in [4.69, 9.17) is 4.74 Å². The van der Waals surface area contributed by atoms with Crippen LogP contribution in [0.15, 0.2) is 91.1 Å². The first-order valence-corrected chi connectivity index (χ1v) is 9.40. The van der Waals surface area contributed by atoms with Crippen LogP contribution in [0.3, 0.4) is 0 Å².